The quantitative estimate of drug-likeness (QED) is 0.377. The monoisotopic (exact) mass is 297 g/mol. The molecule has 0 amide bonds. The summed E-state index contributed by atoms with van der Waals surface area (Å²) in [5.74, 6) is 0.262. The van der Waals surface area contributed by atoms with Crippen LogP contribution in [-0.4, -0.2) is 56.2 Å². The number of hydrogen-bond donors (Lipinski definition) is 1. The zero-order valence-corrected chi connectivity index (χ0v) is 12.2. The van der Waals surface area contributed by atoms with Gasteiger partial charge in [0.05, 0.1) is 25.9 Å². The second-order valence-corrected chi connectivity index (χ2v) is 6.87. The van der Waals surface area contributed by atoms with E-state index in [1.54, 1.807) is 0 Å². The zero-order valence-electron chi connectivity index (χ0n) is 10.5. The highest BCUT2D eigenvalue weighted by Crippen LogP contribution is 2.10. The van der Waals surface area contributed by atoms with Crippen molar-refractivity contribution in [1.29, 1.82) is 0 Å². The molecule has 6 nitrogen and oxygen atoms in total. The SMILES string of the molecule is CC(CO)SCCC(=O)OCCC=NS(C)(=O)=O. The van der Waals surface area contributed by atoms with Gasteiger partial charge in [-0.15, -0.1) is 0 Å². The molecule has 0 heterocycles. The standard InChI is InChI=1S/C10H19NO5S2/c1-9(8-12)17-7-4-10(13)16-6-3-5-11-18(2,14)15/h5,9,12H,3-4,6-8H2,1-2H3. The largest absolute Gasteiger partial charge is 0.465 e. The third-order valence-electron chi connectivity index (χ3n) is 1.74. The van der Waals surface area contributed by atoms with Crippen LogP contribution in [0, 0.1) is 0 Å². The Labute approximate surface area is 112 Å². The summed E-state index contributed by atoms with van der Waals surface area (Å²) in [6.07, 6.45) is 2.76. The van der Waals surface area contributed by atoms with Crippen LogP contribution < -0.4 is 0 Å². The van der Waals surface area contributed by atoms with Crippen molar-refractivity contribution < 1.29 is 23.1 Å². The van der Waals surface area contributed by atoms with E-state index in [0.29, 0.717) is 5.75 Å². The first-order valence-electron chi connectivity index (χ1n) is 5.47. The van der Waals surface area contributed by atoms with E-state index in [2.05, 4.69) is 4.40 Å². The van der Waals surface area contributed by atoms with E-state index in [1.807, 2.05) is 6.92 Å². The summed E-state index contributed by atoms with van der Waals surface area (Å²) < 4.78 is 29.4. The van der Waals surface area contributed by atoms with Crippen molar-refractivity contribution in [2.45, 2.75) is 25.0 Å². The number of nitrogens with zero attached hydrogens (tertiary/aromatic N) is 1. The molecule has 0 bridgehead atoms. The topological polar surface area (TPSA) is 93.0 Å². The maximum absolute atomic E-state index is 11.2. The molecule has 18 heavy (non-hydrogen) atoms. The maximum atomic E-state index is 11.2. The van der Waals surface area contributed by atoms with E-state index in [-0.39, 0.29) is 37.3 Å². The highest BCUT2D eigenvalue weighted by molar-refractivity contribution is 7.99. The molecule has 1 N–H and O–H groups in total. The van der Waals surface area contributed by atoms with E-state index < -0.39 is 10.0 Å². The number of ether oxygens (including phenoxy) is 1. The Morgan fingerprint density at radius 1 is 1.56 bits per heavy atom. The van der Waals surface area contributed by atoms with Crippen molar-refractivity contribution in [3.63, 3.8) is 0 Å². The Bertz CT molecular complexity index is 366. The summed E-state index contributed by atoms with van der Waals surface area (Å²) in [6.45, 7) is 2.08. The number of aliphatic hydroxyl groups is 1. The first-order valence-corrected chi connectivity index (χ1v) is 8.36. The third kappa shape index (κ3) is 11.9. The lowest BCUT2D eigenvalue weighted by atomic mass is 10.5. The molecular formula is C10H19NO5S2. The van der Waals surface area contributed by atoms with E-state index >= 15 is 0 Å². The number of sulfonamides is 1. The number of carbonyl (C=O) groups excluding carboxylic acids is 1. The van der Waals surface area contributed by atoms with Gasteiger partial charge in [0.25, 0.3) is 0 Å². The van der Waals surface area contributed by atoms with Crippen LogP contribution in [0.25, 0.3) is 0 Å². The van der Waals surface area contributed by atoms with Crippen molar-refractivity contribution in [2.24, 2.45) is 4.40 Å². The smallest absolute Gasteiger partial charge is 0.306 e. The van der Waals surface area contributed by atoms with E-state index in [0.717, 1.165) is 6.26 Å². The van der Waals surface area contributed by atoms with Gasteiger partial charge in [-0.05, 0) is 0 Å². The predicted molar refractivity (Wildman–Crippen MR) is 72.5 cm³/mol. The van der Waals surface area contributed by atoms with Gasteiger partial charge in [0.15, 0.2) is 0 Å². The summed E-state index contributed by atoms with van der Waals surface area (Å²) in [4.78, 5) is 11.2. The fraction of sp³-hybridized carbons (Fsp3) is 0.800. The highest BCUT2D eigenvalue weighted by Gasteiger charge is 2.05. The molecule has 0 aliphatic rings. The van der Waals surface area contributed by atoms with Crippen molar-refractivity contribution in [1.82, 2.24) is 0 Å². The molecule has 8 heteroatoms. The summed E-state index contributed by atoms with van der Waals surface area (Å²) in [6, 6.07) is 0. The number of thioether (sulfide) groups is 1. The molecule has 0 fully saturated rings. The molecule has 1 unspecified atom stereocenters. The Hall–Kier alpha value is -0.600. The minimum atomic E-state index is -3.35. The van der Waals surface area contributed by atoms with Crippen molar-refractivity contribution >= 4 is 34.0 Å². The molecular weight excluding hydrogens is 278 g/mol. The summed E-state index contributed by atoms with van der Waals surface area (Å²) in [5.41, 5.74) is 0. The van der Waals surface area contributed by atoms with Gasteiger partial charge in [-0.25, -0.2) is 8.42 Å². The zero-order chi connectivity index (χ0) is 14.0. The first-order chi connectivity index (χ1) is 8.35. The molecule has 0 saturated heterocycles. The maximum Gasteiger partial charge on any atom is 0.306 e. The lowest BCUT2D eigenvalue weighted by molar-refractivity contribution is -0.142. The molecule has 0 rings (SSSR count). The van der Waals surface area contributed by atoms with Gasteiger partial charge < -0.3 is 9.84 Å². The highest BCUT2D eigenvalue weighted by atomic mass is 32.2. The number of rotatable bonds is 9. The Kier molecular flexibility index (Phi) is 9.03. The van der Waals surface area contributed by atoms with Gasteiger partial charge in [-0.2, -0.15) is 16.2 Å². The molecule has 0 saturated carbocycles. The van der Waals surface area contributed by atoms with E-state index in [9.17, 15) is 13.2 Å². The molecule has 0 aromatic carbocycles. The Morgan fingerprint density at radius 3 is 2.78 bits per heavy atom. The lowest BCUT2D eigenvalue weighted by Crippen LogP contribution is -2.09. The second kappa shape index (κ2) is 9.35. The molecule has 106 valence electrons. The van der Waals surface area contributed by atoms with E-state index in [4.69, 9.17) is 9.84 Å². The van der Waals surface area contributed by atoms with Gasteiger partial charge >= 0.3 is 5.97 Å². The third-order valence-corrected chi connectivity index (χ3v) is 3.43. The van der Waals surface area contributed by atoms with Crippen molar-refractivity contribution in [3.8, 4) is 0 Å². The van der Waals surface area contributed by atoms with Crippen LogP contribution in [-0.2, 0) is 19.6 Å². The lowest BCUT2D eigenvalue weighted by Gasteiger charge is -2.06. The van der Waals surface area contributed by atoms with Crippen molar-refractivity contribution in [3.05, 3.63) is 0 Å². The molecule has 0 aliphatic heterocycles. The van der Waals surface area contributed by atoms with Crippen LogP contribution in [0.1, 0.15) is 19.8 Å². The molecule has 0 spiro atoms. The molecule has 1 atom stereocenters. The average molecular weight is 297 g/mol. The van der Waals surface area contributed by atoms with Gasteiger partial charge in [0.2, 0.25) is 10.0 Å². The molecule has 0 aromatic heterocycles. The number of aliphatic hydroxyl groups excluding tert-OH is 1. The predicted octanol–water partition coefficient (Wildman–Crippen LogP) is 0.454. The number of hydrogen-bond acceptors (Lipinski definition) is 6. The second-order valence-electron chi connectivity index (χ2n) is 3.64. The fourth-order valence-corrected chi connectivity index (χ4v) is 2.05. The van der Waals surface area contributed by atoms with Crippen LogP contribution in [0.4, 0.5) is 0 Å². The molecule has 0 radical (unpaired) electrons. The minimum Gasteiger partial charge on any atom is -0.465 e. The minimum absolute atomic E-state index is 0.0850. The van der Waals surface area contributed by atoms with Crippen molar-refractivity contribution in [2.75, 3.05) is 25.2 Å². The van der Waals surface area contributed by atoms with Crippen LogP contribution >= 0.6 is 11.8 Å². The summed E-state index contributed by atoms with van der Waals surface area (Å²) in [5, 5.41) is 8.88. The first kappa shape index (κ1) is 17.4. The van der Waals surface area contributed by atoms with E-state index in [1.165, 1.54) is 18.0 Å². The summed E-state index contributed by atoms with van der Waals surface area (Å²) in [7, 11) is -3.35. The van der Waals surface area contributed by atoms with Gasteiger partial charge in [0, 0.05) is 23.6 Å². The average Bonchev–Trinajstić information content (AvgIpc) is 2.26. The van der Waals surface area contributed by atoms with Gasteiger partial charge in [-0.1, -0.05) is 6.92 Å². The molecule has 0 aliphatic carbocycles. The fourth-order valence-electron chi connectivity index (χ4n) is 0.882. The normalized spacial score (nSPS) is 13.7. The van der Waals surface area contributed by atoms with Crippen LogP contribution in [0.5, 0.6) is 0 Å². The molecule has 0 aromatic rings. The Morgan fingerprint density at radius 2 is 2.22 bits per heavy atom. The van der Waals surface area contributed by atoms with Crippen LogP contribution in [0.2, 0.25) is 0 Å². The number of carbonyl (C=O) groups is 1. The van der Waals surface area contributed by atoms with Crippen LogP contribution in [0.3, 0.4) is 0 Å². The number of esters is 1. The van der Waals surface area contributed by atoms with Crippen LogP contribution in [0.15, 0.2) is 4.40 Å². The Balaban J connectivity index is 3.57. The van der Waals surface area contributed by atoms with Gasteiger partial charge in [-0.3, -0.25) is 4.79 Å². The summed E-state index contributed by atoms with van der Waals surface area (Å²) >= 11 is 1.50. The van der Waals surface area contributed by atoms with Gasteiger partial charge in [0.1, 0.15) is 0 Å².